The first-order chi connectivity index (χ1) is 9.13. The van der Waals surface area contributed by atoms with Crippen LogP contribution in [0.4, 0.5) is 0 Å². The van der Waals surface area contributed by atoms with Gasteiger partial charge in [-0.05, 0) is 18.1 Å². The summed E-state index contributed by atoms with van der Waals surface area (Å²) in [7, 11) is 3.82. The molecule has 0 saturated heterocycles. The molecule has 4 heteroatoms. The van der Waals surface area contributed by atoms with Crippen molar-refractivity contribution in [3.05, 3.63) is 30.3 Å². The van der Waals surface area contributed by atoms with Gasteiger partial charge in [-0.15, -0.1) is 0 Å². The normalized spacial score (nSPS) is 11.5. The molecule has 1 aromatic rings. The molecule has 0 aliphatic carbocycles. The molecule has 0 heterocycles. The van der Waals surface area contributed by atoms with Gasteiger partial charge in [0.25, 0.3) is 0 Å². The summed E-state index contributed by atoms with van der Waals surface area (Å²) >= 11 is 0. The quantitative estimate of drug-likeness (QED) is 0.631. The number of likely N-dealkylation sites (N-methyl/N-ethyl adjacent to an activating group) is 1. The lowest BCUT2D eigenvalue weighted by Crippen LogP contribution is -2.42. The van der Waals surface area contributed by atoms with Crippen LogP contribution in [0.25, 0.3) is 0 Å². The fraction of sp³-hybridized carbons (Fsp3) is 0.533. The lowest BCUT2D eigenvalue weighted by Gasteiger charge is -2.22. The van der Waals surface area contributed by atoms with E-state index >= 15 is 0 Å². The highest BCUT2D eigenvalue weighted by molar-refractivity contribution is 5.79. The Balaban J connectivity index is 2.31. The summed E-state index contributed by atoms with van der Waals surface area (Å²) < 4.78 is 5.67. The summed E-state index contributed by atoms with van der Waals surface area (Å²) in [5.74, 6) is 2.41. The number of benzene rings is 1. The molecule has 0 atom stereocenters. The molecule has 1 N–H and O–H groups in total. The molecule has 4 nitrogen and oxygen atoms in total. The molecule has 0 saturated carbocycles. The van der Waals surface area contributed by atoms with Gasteiger partial charge < -0.3 is 15.0 Å². The lowest BCUT2D eigenvalue weighted by atomic mass is 10.2. The van der Waals surface area contributed by atoms with Gasteiger partial charge in [-0.2, -0.15) is 0 Å². The third kappa shape index (κ3) is 6.13. The van der Waals surface area contributed by atoms with Crippen molar-refractivity contribution < 1.29 is 4.74 Å². The molecular formula is C15H25N3O. The van der Waals surface area contributed by atoms with Gasteiger partial charge >= 0.3 is 0 Å². The topological polar surface area (TPSA) is 36.9 Å². The molecule has 0 fully saturated rings. The van der Waals surface area contributed by atoms with Crippen LogP contribution in [0.1, 0.15) is 13.8 Å². The molecule has 106 valence electrons. The highest BCUT2D eigenvalue weighted by atomic mass is 16.5. The van der Waals surface area contributed by atoms with Gasteiger partial charge in [-0.3, -0.25) is 4.99 Å². The van der Waals surface area contributed by atoms with Crippen LogP contribution in [0.5, 0.6) is 5.75 Å². The molecule has 0 aliphatic heterocycles. The molecular weight excluding hydrogens is 238 g/mol. The maximum Gasteiger partial charge on any atom is 0.193 e. The number of hydrogen-bond donors (Lipinski definition) is 1. The largest absolute Gasteiger partial charge is 0.492 e. The maximum atomic E-state index is 5.67. The number of ether oxygens (including phenoxy) is 1. The van der Waals surface area contributed by atoms with Crippen molar-refractivity contribution in [2.75, 3.05) is 33.8 Å². The summed E-state index contributed by atoms with van der Waals surface area (Å²) in [5.41, 5.74) is 0. The van der Waals surface area contributed by atoms with E-state index in [-0.39, 0.29) is 0 Å². The third-order valence-corrected chi connectivity index (χ3v) is 2.68. The van der Waals surface area contributed by atoms with Gasteiger partial charge in [0.1, 0.15) is 12.4 Å². The molecule has 0 aromatic heterocycles. The van der Waals surface area contributed by atoms with Crippen LogP contribution >= 0.6 is 0 Å². The number of rotatable bonds is 6. The molecule has 0 radical (unpaired) electrons. The lowest BCUT2D eigenvalue weighted by molar-refractivity contribution is 0.281. The summed E-state index contributed by atoms with van der Waals surface area (Å²) in [6, 6.07) is 9.86. The van der Waals surface area contributed by atoms with Gasteiger partial charge in [0, 0.05) is 20.6 Å². The molecule has 1 aromatic carbocycles. The average molecular weight is 263 g/mol. The van der Waals surface area contributed by atoms with Gasteiger partial charge in [0.15, 0.2) is 5.96 Å². The smallest absolute Gasteiger partial charge is 0.193 e. The summed E-state index contributed by atoms with van der Waals surface area (Å²) in [4.78, 5) is 6.34. The number of aliphatic imine (C=N–C) groups is 1. The van der Waals surface area contributed by atoms with Crippen LogP contribution in [-0.4, -0.2) is 44.7 Å². The minimum absolute atomic E-state index is 0.603. The number of nitrogens with zero attached hydrogens (tertiary/aromatic N) is 2. The standard InChI is InChI=1S/C15H25N3O/c1-13(2)12-17-15(16-3)18(4)10-11-19-14-8-6-5-7-9-14/h5-9,13H,10-12H2,1-4H3,(H,16,17). The van der Waals surface area contributed by atoms with E-state index < -0.39 is 0 Å². The van der Waals surface area contributed by atoms with Crippen LogP contribution in [0, 0.1) is 5.92 Å². The van der Waals surface area contributed by atoms with Crippen LogP contribution in [0.2, 0.25) is 0 Å². The van der Waals surface area contributed by atoms with Gasteiger partial charge in [0.2, 0.25) is 0 Å². The molecule has 19 heavy (non-hydrogen) atoms. The molecule has 0 aliphatic rings. The fourth-order valence-corrected chi connectivity index (χ4v) is 1.60. The van der Waals surface area contributed by atoms with Crippen molar-refractivity contribution in [1.29, 1.82) is 0 Å². The number of para-hydroxylation sites is 1. The molecule has 1 rings (SSSR count). The molecule has 0 amide bonds. The van der Waals surface area contributed by atoms with Gasteiger partial charge in [-0.1, -0.05) is 32.0 Å². The van der Waals surface area contributed by atoms with E-state index in [4.69, 9.17) is 4.74 Å². The van der Waals surface area contributed by atoms with Crippen molar-refractivity contribution in [1.82, 2.24) is 10.2 Å². The highest BCUT2D eigenvalue weighted by Gasteiger charge is 2.06. The van der Waals surface area contributed by atoms with Gasteiger partial charge in [-0.25, -0.2) is 0 Å². The van der Waals surface area contributed by atoms with E-state index in [0.29, 0.717) is 12.5 Å². The van der Waals surface area contributed by atoms with Crippen LogP contribution < -0.4 is 10.1 Å². The minimum Gasteiger partial charge on any atom is -0.492 e. The Labute approximate surface area is 116 Å². The monoisotopic (exact) mass is 263 g/mol. The summed E-state index contributed by atoms with van der Waals surface area (Å²) in [5, 5.41) is 3.34. The van der Waals surface area contributed by atoms with Crippen molar-refractivity contribution in [2.24, 2.45) is 10.9 Å². The van der Waals surface area contributed by atoms with E-state index in [2.05, 4.69) is 29.1 Å². The van der Waals surface area contributed by atoms with Crippen LogP contribution in [0.3, 0.4) is 0 Å². The van der Waals surface area contributed by atoms with Crippen LogP contribution in [-0.2, 0) is 0 Å². The van der Waals surface area contributed by atoms with Gasteiger partial charge in [0.05, 0.1) is 6.54 Å². The first-order valence-corrected chi connectivity index (χ1v) is 6.73. The number of nitrogens with one attached hydrogen (secondary N) is 1. The Kier molecular flexibility index (Phi) is 6.79. The second-order valence-corrected chi connectivity index (χ2v) is 4.91. The Morgan fingerprint density at radius 2 is 2.00 bits per heavy atom. The first-order valence-electron chi connectivity index (χ1n) is 6.73. The average Bonchev–Trinajstić information content (AvgIpc) is 2.40. The van der Waals surface area contributed by atoms with Crippen molar-refractivity contribution in [3.63, 3.8) is 0 Å². The second kappa shape index (κ2) is 8.40. The zero-order chi connectivity index (χ0) is 14.1. The first kappa shape index (κ1) is 15.3. The second-order valence-electron chi connectivity index (χ2n) is 4.91. The fourth-order valence-electron chi connectivity index (χ4n) is 1.60. The Morgan fingerprint density at radius 3 is 2.58 bits per heavy atom. The zero-order valence-electron chi connectivity index (χ0n) is 12.4. The Hall–Kier alpha value is -1.71. The Bertz CT molecular complexity index is 376. The Morgan fingerprint density at radius 1 is 1.32 bits per heavy atom. The highest BCUT2D eigenvalue weighted by Crippen LogP contribution is 2.07. The molecule has 0 spiro atoms. The van der Waals surface area contributed by atoms with Crippen LogP contribution in [0.15, 0.2) is 35.3 Å². The van der Waals surface area contributed by atoms with E-state index in [1.807, 2.05) is 37.4 Å². The predicted molar refractivity (Wildman–Crippen MR) is 80.8 cm³/mol. The summed E-state index contributed by atoms with van der Waals surface area (Å²) in [6.45, 7) is 6.73. The maximum absolute atomic E-state index is 5.67. The molecule has 0 bridgehead atoms. The van der Waals surface area contributed by atoms with E-state index in [1.165, 1.54) is 0 Å². The minimum atomic E-state index is 0.603. The summed E-state index contributed by atoms with van der Waals surface area (Å²) in [6.07, 6.45) is 0. The zero-order valence-corrected chi connectivity index (χ0v) is 12.4. The van der Waals surface area contributed by atoms with Crippen molar-refractivity contribution >= 4 is 5.96 Å². The number of guanidine groups is 1. The van der Waals surface area contributed by atoms with E-state index in [0.717, 1.165) is 24.8 Å². The molecule has 0 unspecified atom stereocenters. The van der Waals surface area contributed by atoms with Crippen molar-refractivity contribution in [3.8, 4) is 5.75 Å². The SMILES string of the molecule is CN=C(NCC(C)C)N(C)CCOc1ccccc1. The van der Waals surface area contributed by atoms with E-state index in [1.54, 1.807) is 7.05 Å². The number of hydrogen-bond acceptors (Lipinski definition) is 2. The van der Waals surface area contributed by atoms with Crippen molar-refractivity contribution in [2.45, 2.75) is 13.8 Å². The third-order valence-electron chi connectivity index (χ3n) is 2.68. The predicted octanol–water partition coefficient (Wildman–Crippen LogP) is 2.23. The van der Waals surface area contributed by atoms with E-state index in [9.17, 15) is 0 Å².